The first-order valence-corrected chi connectivity index (χ1v) is 6.61. The molecular weight excluding hydrogens is 282 g/mol. The van der Waals surface area contributed by atoms with Gasteiger partial charge in [0.25, 0.3) is 11.6 Å². The van der Waals surface area contributed by atoms with Crippen molar-refractivity contribution in [3.05, 3.63) is 76.9 Å². The van der Waals surface area contributed by atoms with Crippen LogP contribution in [0.1, 0.15) is 10.4 Å². The highest BCUT2D eigenvalue weighted by atomic mass is 16.6. The Balaban J connectivity index is 2.29. The molecule has 0 atom stereocenters. The van der Waals surface area contributed by atoms with Crippen LogP contribution in [0.2, 0.25) is 0 Å². The summed E-state index contributed by atoms with van der Waals surface area (Å²) in [5.74, 6) is -0.380. The number of anilines is 2. The van der Waals surface area contributed by atoms with Gasteiger partial charge in [-0.15, -0.1) is 6.58 Å². The minimum atomic E-state index is -0.518. The first kappa shape index (κ1) is 15.2. The van der Waals surface area contributed by atoms with Crippen LogP contribution >= 0.6 is 0 Å². The van der Waals surface area contributed by atoms with Gasteiger partial charge in [0.1, 0.15) is 5.69 Å². The predicted octanol–water partition coefficient (Wildman–Crippen LogP) is 3.25. The van der Waals surface area contributed by atoms with Crippen LogP contribution < -0.4 is 10.6 Å². The summed E-state index contributed by atoms with van der Waals surface area (Å²) in [5, 5.41) is 16.8. The molecule has 2 aromatic carbocycles. The molecule has 0 aromatic heterocycles. The maximum atomic E-state index is 11.8. The molecule has 6 heteroatoms. The Morgan fingerprint density at radius 3 is 2.59 bits per heavy atom. The Hall–Kier alpha value is -3.15. The number of hydrogen-bond donors (Lipinski definition) is 2. The van der Waals surface area contributed by atoms with Gasteiger partial charge in [-0.05, 0) is 24.3 Å². The van der Waals surface area contributed by atoms with Crippen molar-refractivity contribution < 1.29 is 9.72 Å². The van der Waals surface area contributed by atoms with Crippen LogP contribution in [0.15, 0.2) is 61.2 Å². The Bertz CT molecular complexity index is 699. The molecule has 0 bridgehead atoms. The molecular formula is C16H15N3O3. The van der Waals surface area contributed by atoms with Gasteiger partial charge >= 0.3 is 0 Å². The normalized spacial score (nSPS) is 9.82. The van der Waals surface area contributed by atoms with Crippen molar-refractivity contribution in [1.29, 1.82) is 0 Å². The van der Waals surface area contributed by atoms with E-state index in [1.807, 2.05) is 18.2 Å². The number of hydrogen-bond acceptors (Lipinski definition) is 4. The molecule has 0 saturated carbocycles. The molecule has 0 heterocycles. The summed E-state index contributed by atoms with van der Waals surface area (Å²) < 4.78 is 0. The zero-order valence-electron chi connectivity index (χ0n) is 11.8. The first-order valence-electron chi connectivity index (χ1n) is 6.61. The number of nitro groups is 1. The Morgan fingerprint density at radius 2 is 1.95 bits per heavy atom. The smallest absolute Gasteiger partial charge is 0.293 e. The highest BCUT2D eigenvalue weighted by Crippen LogP contribution is 2.28. The third-order valence-electron chi connectivity index (χ3n) is 2.92. The zero-order chi connectivity index (χ0) is 15.9. The van der Waals surface area contributed by atoms with E-state index in [4.69, 9.17) is 0 Å². The summed E-state index contributed by atoms with van der Waals surface area (Å²) >= 11 is 0. The zero-order valence-corrected chi connectivity index (χ0v) is 11.8. The number of amides is 1. The SMILES string of the molecule is C=CCNC(=O)c1ccc(Nc2ccccc2)c([N+](=O)[O-])c1. The quantitative estimate of drug-likeness (QED) is 0.487. The summed E-state index contributed by atoms with van der Waals surface area (Å²) in [6.45, 7) is 3.80. The van der Waals surface area contributed by atoms with Crippen LogP contribution in [-0.4, -0.2) is 17.4 Å². The second-order valence-corrected chi connectivity index (χ2v) is 4.48. The molecule has 112 valence electrons. The largest absolute Gasteiger partial charge is 0.350 e. The number of benzene rings is 2. The van der Waals surface area contributed by atoms with Gasteiger partial charge in [0, 0.05) is 23.9 Å². The first-order chi connectivity index (χ1) is 10.6. The van der Waals surface area contributed by atoms with E-state index < -0.39 is 4.92 Å². The third kappa shape index (κ3) is 3.69. The van der Waals surface area contributed by atoms with Crippen molar-refractivity contribution in [2.75, 3.05) is 11.9 Å². The summed E-state index contributed by atoms with van der Waals surface area (Å²) in [6, 6.07) is 13.4. The number of nitrogens with zero attached hydrogens (tertiary/aromatic N) is 1. The standard InChI is InChI=1S/C16H15N3O3/c1-2-10-17-16(20)12-8-9-14(15(11-12)19(21)22)18-13-6-4-3-5-7-13/h2-9,11,18H,1,10H2,(H,17,20). The minimum Gasteiger partial charge on any atom is -0.350 e. The molecule has 0 aliphatic carbocycles. The van der Waals surface area contributed by atoms with E-state index in [9.17, 15) is 14.9 Å². The fraction of sp³-hybridized carbons (Fsp3) is 0.0625. The molecule has 0 aliphatic rings. The fourth-order valence-electron chi connectivity index (χ4n) is 1.87. The summed E-state index contributed by atoms with van der Waals surface area (Å²) in [4.78, 5) is 22.5. The van der Waals surface area contributed by atoms with Crippen molar-refractivity contribution >= 4 is 23.0 Å². The van der Waals surface area contributed by atoms with E-state index in [-0.39, 0.29) is 17.2 Å². The molecule has 0 saturated heterocycles. The number of nitrogens with one attached hydrogen (secondary N) is 2. The average molecular weight is 297 g/mol. The molecule has 6 nitrogen and oxygen atoms in total. The highest BCUT2D eigenvalue weighted by molar-refractivity contribution is 5.96. The van der Waals surface area contributed by atoms with E-state index in [0.29, 0.717) is 12.2 Å². The molecule has 0 fully saturated rings. The van der Waals surface area contributed by atoms with Crippen LogP contribution in [0.3, 0.4) is 0 Å². The Morgan fingerprint density at radius 1 is 1.23 bits per heavy atom. The Kier molecular flexibility index (Phi) is 4.87. The van der Waals surface area contributed by atoms with Gasteiger partial charge in [-0.2, -0.15) is 0 Å². The molecule has 0 radical (unpaired) electrons. The summed E-state index contributed by atoms with van der Waals surface area (Å²) in [7, 11) is 0. The Labute approximate surface area is 127 Å². The van der Waals surface area contributed by atoms with Gasteiger partial charge in [0.15, 0.2) is 0 Å². The molecule has 2 rings (SSSR count). The summed E-state index contributed by atoms with van der Waals surface area (Å²) in [5.41, 5.74) is 1.13. The number of nitro benzene ring substituents is 1. The molecule has 2 N–H and O–H groups in total. The van der Waals surface area contributed by atoms with Crippen LogP contribution in [0.25, 0.3) is 0 Å². The monoisotopic (exact) mass is 297 g/mol. The average Bonchev–Trinajstić information content (AvgIpc) is 2.53. The highest BCUT2D eigenvalue weighted by Gasteiger charge is 2.17. The number of rotatable bonds is 6. The van der Waals surface area contributed by atoms with Gasteiger partial charge in [0.05, 0.1) is 4.92 Å². The second-order valence-electron chi connectivity index (χ2n) is 4.48. The molecule has 0 unspecified atom stereocenters. The lowest BCUT2D eigenvalue weighted by atomic mass is 10.1. The van der Waals surface area contributed by atoms with Crippen molar-refractivity contribution in [3.8, 4) is 0 Å². The van der Waals surface area contributed by atoms with E-state index in [1.165, 1.54) is 24.3 Å². The lowest BCUT2D eigenvalue weighted by Crippen LogP contribution is -2.23. The maximum Gasteiger partial charge on any atom is 0.293 e. The third-order valence-corrected chi connectivity index (χ3v) is 2.92. The lowest BCUT2D eigenvalue weighted by Gasteiger charge is -2.08. The number of para-hydroxylation sites is 1. The van der Waals surface area contributed by atoms with Gasteiger partial charge < -0.3 is 10.6 Å². The van der Waals surface area contributed by atoms with Gasteiger partial charge in [-0.1, -0.05) is 24.3 Å². The topological polar surface area (TPSA) is 84.3 Å². The van der Waals surface area contributed by atoms with Gasteiger partial charge in [0.2, 0.25) is 0 Å². The number of carbonyl (C=O) groups is 1. The van der Waals surface area contributed by atoms with Crippen molar-refractivity contribution in [2.24, 2.45) is 0 Å². The van der Waals surface area contributed by atoms with Crippen molar-refractivity contribution in [3.63, 3.8) is 0 Å². The summed E-state index contributed by atoms with van der Waals surface area (Å²) in [6.07, 6.45) is 1.54. The molecule has 1 amide bonds. The van der Waals surface area contributed by atoms with Crippen LogP contribution in [0.5, 0.6) is 0 Å². The van der Waals surface area contributed by atoms with Crippen LogP contribution in [-0.2, 0) is 0 Å². The molecule has 0 aliphatic heterocycles. The van der Waals surface area contributed by atoms with Crippen LogP contribution in [0.4, 0.5) is 17.1 Å². The van der Waals surface area contributed by atoms with E-state index >= 15 is 0 Å². The van der Waals surface area contributed by atoms with Crippen molar-refractivity contribution in [2.45, 2.75) is 0 Å². The van der Waals surface area contributed by atoms with Gasteiger partial charge in [-0.3, -0.25) is 14.9 Å². The molecule has 22 heavy (non-hydrogen) atoms. The number of carbonyl (C=O) groups excluding carboxylic acids is 1. The minimum absolute atomic E-state index is 0.157. The van der Waals surface area contributed by atoms with Crippen molar-refractivity contribution in [1.82, 2.24) is 5.32 Å². The van der Waals surface area contributed by atoms with Gasteiger partial charge in [-0.25, -0.2) is 0 Å². The van der Waals surface area contributed by atoms with E-state index in [0.717, 1.165) is 5.69 Å². The lowest BCUT2D eigenvalue weighted by molar-refractivity contribution is -0.383. The molecule has 2 aromatic rings. The van der Waals surface area contributed by atoms with E-state index in [2.05, 4.69) is 17.2 Å². The second kappa shape index (κ2) is 7.03. The van der Waals surface area contributed by atoms with Crippen LogP contribution in [0, 0.1) is 10.1 Å². The molecule has 0 spiro atoms. The maximum absolute atomic E-state index is 11.8. The van der Waals surface area contributed by atoms with E-state index in [1.54, 1.807) is 12.1 Å². The fourth-order valence-corrected chi connectivity index (χ4v) is 1.87. The predicted molar refractivity (Wildman–Crippen MR) is 85.4 cm³/mol.